The second-order valence-corrected chi connectivity index (χ2v) is 4.89. The number of hydrogen-bond donors (Lipinski definition) is 2. The molecule has 0 aliphatic rings. The third kappa shape index (κ3) is 4.77. The van der Waals surface area contributed by atoms with Gasteiger partial charge in [0.2, 0.25) is 0 Å². The molecule has 0 atom stereocenters. The summed E-state index contributed by atoms with van der Waals surface area (Å²) in [7, 11) is 0. The number of anilines is 1. The topological polar surface area (TPSA) is 78.4 Å². The molecular weight excluding hydrogens is 256 g/mol. The van der Waals surface area contributed by atoms with Crippen LogP contribution in [0.2, 0.25) is 0 Å². The fourth-order valence-corrected chi connectivity index (χ4v) is 1.79. The Hall–Kier alpha value is -1.69. The molecule has 0 radical (unpaired) electrons. The lowest BCUT2D eigenvalue weighted by Gasteiger charge is -2.26. The van der Waals surface area contributed by atoms with E-state index in [-0.39, 0.29) is 18.6 Å². The van der Waals surface area contributed by atoms with Crippen molar-refractivity contribution in [2.24, 2.45) is 0 Å². The Labute approximate surface area is 120 Å². The van der Waals surface area contributed by atoms with E-state index in [2.05, 4.69) is 22.2 Å². The Balaban J connectivity index is 2.82. The van der Waals surface area contributed by atoms with Crippen LogP contribution >= 0.6 is 0 Å². The van der Waals surface area contributed by atoms with Gasteiger partial charge < -0.3 is 15.3 Å². The van der Waals surface area contributed by atoms with E-state index in [1.54, 1.807) is 11.1 Å². The van der Waals surface area contributed by atoms with Gasteiger partial charge in [-0.15, -0.1) is 0 Å². The van der Waals surface area contributed by atoms with Crippen molar-refractivity contribution in [1.29, 1.82) is 0 Å². The smallest absolute Gasteiger partial charge is 0.274 e. The molecule has 112 valence electrons. The first-order valence-corrected chi connectivity index (χ1v) is 7.07. The molecule has 6 heteroatoms. The Morgan fingerprint density at radius 3 is 2.80 bits per heavy atom. The van der Waals surface area contributed by atoms with Crippen LogP contribution in [0.5, 0.6) is 0 Å². The van der Waals surface area contributed by atoms with Gasteiger partial charge in [-0.05, 0) is 26.7 Å². The summed E-state index contributed by atoms with van der Waals surface area (Å²) in [6.45, 7) is 7.33. The Bertz CT molecular complexity index is 423. The Morgan fingerprint density at radius 1 is 1.45 bits per heavy atom. The van der Waals surface area contributed by atoms with E-state index in [0.717, 1.165) is 13.0 Å². The van der Waals surface area contributed by atoms with Crippen LogP contribution in [0.15, 0.2) is 12.4 Å². The highest BCUT2D eigenvalue weighted by Gasteiger charge is 2.20. The summed E-state index contributed by atoms with van der Waals surface area (Å²) in [6.07, 6.45) is 4.63. The average Bonchev–Trinajstić information content (AvgIpc) is 2.45. The molecule has 0 unspecified atom stereocenters. The third-order valence-corrected chi connectivity index (χ3v) is 2.85. The van der Waals surface area contributed by atoms with Crippen LogP contribution in [-0.4, -0.2) is 51.6 Å². The molecular formula is C14H24N4O2. The van der Waals surface area contributed by atoms with Crippen molar-refractivity contribution in [1.82, 2.24) is 14.9 Å². The van der Waals surface area contributed by atoms with Crippen LogP contribution in [0.4, 0.5) is 5.82 Å². The van der Waals surface area contributed by atoms with E-state index in [1.165, 1.54) is 6.20 Å². The normalized spacial score (nSPS) is 10.7. The highest BCUT2D eigenvalue weighted by Crippen LogP contribution is 2.09. The van der Waals surface area contributed by atoms with Gasteiger partial charge in [0.1, 0.15) is 11.5 Å². The van der Waals surface area contributed by atoms with Crippen LogP contribution in [-0.2, 0) is 0 Å². The van der Waals surface area contributed by atoms with E-state index in [0.29, 0.717) is 24.5 Å². The van der Waals surface area contributed by atoms with Gasteiger partial charge in [0.15, 0.2) is 0 Å². The number of nitrogens with zero attached hydrogens (tertiary/aromatic N) is 3. The number of rotatable bonds is 8. The fraction of sp³-hybridized carbons (Fsp3) is 0.643. The summed E-state index contributed by atoms with van der Waals surface area (Å²) >= 11 is 0. The molecule has 0 aromatic carbocycles. The molecule has 0 aliphatic heterocycles. The summed E-state index contributed by atoms with van der Waals surface area (Å²) in [6, 6.07) is 0.0584. The fourth-order valence-electron chi connectivity index (χ4n) is 1.79. The molecule has 0 aliphatic carbocycles. The number of amides is 1. The van der Waals surface area contributed by atoms with Gasteiger partial charge in [-0.2, -0.15) is 0 Å². The van der Waals surface area contributed by atoms with Gasteiger partial charge in [0.25, 0.3) is 5.91 Å². The predicted octanol–water partition coefficient (Wildman–Crippen LogP) is 1.53. The van der Waals surface area contributed by atoms with E-state index < -0.39 is 0 Å². The summed E-state index contributed by atoms with van der Waals surface area (Å²) in [4.78, 5) is 22.5. The maximum absolute atomic E-state index is 12.4. The predicted molar refractivity (Wildman–Crippen MR) is 78.7 cm³/mol. The maximum Gasteiger partial charge on any atom is 0.274 e. The lowest BCUT2D eigenvalue weighted by atomic mass is 10.2. The monoisotopic (exact) mass is 280 g/mol. The number of carbonyl (C=O) groups excluding carboxylic acids is 1. The minimum absolute atomic E-state index is 0.0584. The third-order valence-electron chi connectivity index (χ3n) is 2.85. The molecule has 1 rings (SSSR count). The second kappa shape index (κ2) is 8.47. The molecule has 1 aromatic heterocycles. The van der Waals surface area contributed by atoms with Crippen molar-refractivity contribution < 1.29 is 9.90 Å². The van der Waals surface area contributed by atoms with Crippen molar-refractivity contribution in [3.8, 4) is 0 Å². The second-order valence-electron chi connectivity index (χ2n) is 4.89. The quantitative estimate of drug-likeness (QED) is 0.755. The molecule has 1 amide bonds. The maximum atomic E-state index is 12.4. The zero-order valence-electron chi connectivity index (χ0n) is 12.5. The van der Waals surface area contributed by atoms with Crippen LogP contribution in [0.1, 0.15) is 44.1 Å². The first kappa shape index (κ1) is 16.4. The number of hydrogen-bond acceptors (Lipinski definition) is 5. The van der Waals surface area contributed by atoms with Crippen molar-refractivity contribution in [3.05, 3.63) is 18.1 Å². The molecule has 2 N–H and O–H groups in total. The highest BCUT2D eigenvalue weighted by molar-refractivity contribution is 5.92. The van der Waals surface area contributed by atoms with Crippen LogP contribution < -0.4 is 5.32 Å². The van der Waals surface area contributed by atoms with Crippen molar-refractivity contribution in [3.63, 3.8) is 0 Å². The molecule has 6 nitrogen and oxygen atoms in total. The number of aliphatic hydroxyl groups is 1. The molecule has 0 saturated heterocycles. The van der Waals surface area contributed by atoms with E-state index >= 15 is 0 Å². The van der Waals surface area contributed by atoms with E-state index in [4.69, 9.17) is 5.11 Å². The van der Waals surface area contributed by atoms with Gasteiger partial charge in [0.05, 0.1) is 12.4 Å². The number of carbonyl (C=O) groups is 1. The Morgan fingerprint density at radius 2 is 2.20 bits per heavy atom. The number of aromatic nitrogens is 2. The molecule has 0 fully saturated rings. The highest BCUT2D eigenvalue weighted by atomic mass is 16.3. The molecule has 1 aromatic rings. The zero-order valence-corrected chi connectivity index (χ0v) is 12.5. The van der Waals surface area contributed by atoms with Crippen LogP contribution in [0.3, 0.4) is 0 Å². The minimum Gasteiger partial charge on any atom is -0.396 e. The summed E-state index contributed by atoms with van der Waals surface area (Å²) in [5, 5.41) is 12.0. The molecule has 0 saturated carbocycles. The first-order chi connectivity index (χ1) is 9.60. The molecule has 1 heterocycles. The lowest BCUT2D eigenvalue weighted by molar-refractivity contribution is 0.0686. The Kier molecular flexibility index (Phi) is 6.93. The lowest BCUT2D eigenvalue weighted by Crippen LogP contribution is -2.38. The summed E-state index contributed by atoms with van der Waals surface area (Å²) < 4.78 is 0. The largest absolute Gasteiger partial charge is 0.396 e. The summed E-state index contributed by atoms with van der Waals surface area (Å²) in [5.41, 5.74) is 0.331. The van der Waals surface area contributed by atoms with Crippen molar-refractivity contribution >= 4 is 11.7 Å². The van der Waals surface area contributed by atoms with Gasteiger partial charge in [0, 0.05) is 25.7 Å². The minimum atomic E-state index is -0.152. The molecule has 20 heavy (non-hydrogen) atoms. The van der Waals surface area contributed by atoms with E-state index in [1.807, 2.05) is 13.8 Å². The van der Waals surface area contributed by atoms with E-state index in [9.17, 15) is 4.79 Å². The average molecular weight is 280 g/mol. The first-order valence-electron chi connectivity index (χ1n) is 7.07. The van der Waals surface area contributed by atoms with Crippen LogP contribution in [0.25, 0.3) is 0 Å². The molecule has 0 spiro atoms. The number of aliphatic hydroxyl groups excluding tert-OH is 1. The van der Waals surface area contributed by atoms with Gasteiger partial charge in [-0.25, -0.2) is 4.98 Å². The van der Waals surface area contributed by atoms with Crippen molar-refractivity contribution in [2.75, 3.05) is 25.0 Å². The van der Waals surface area contributed by atoms with Gasteiger partial charge in [-0.1, -0.05) is 6.92 Å². The van der Waals surface area contributed by atoms with Crippen LogP contribution in [0, 0.1) is 0 Å². The number of nitrogens with one attached hydrogen (secondary N) is 1. The standard InChI is InChI=1S/C14H24N4O2/c1-4-6-16-13-10-15-9-12(17-13)14(20)18(11(2)3)7-5-8-19/h9-11,19H,4-8H2,1-3H3,(H,16,17). The zero-order chi connectivity index (χ0) is 15.0. The van der Waals surface area contributed by atoms with Gasteiger partial charge >= 0.3 is 0 Å². The SMILES string of the molecule is CCCNc1cncc(C(=O)N(CCCO)C(C)C)n1. The van der Waals surface area contributed by atoms with Crippen molar-refractivity contribution in [2.45, 2.75) is 39.7 Å². The summed E-state index contributed by atoms with van der Waals surface area (Å²) in [5.74, 6) is 0.463. The molecule has 0 bridgehead atoms. The van der Waals surface area contributed by atoms with Gasteiger partial charge in [-0.3, -0.25) is 9.78 Å².